The largest absolute Gasteiger partial charge is 0.451 e. The third-order valence-electron chi connectivity index (χ3n) is 5.11. The zero-order chi connectivity index (χ0) is 22.0. The van der Waals surface area contributed by atoms with Crippen molar-refractivity contribution in [1.29, 1.82) is 0 Å². The molecule has 1 heterocycles. The Bertz CT molecular complexity index is 1170. The molecule has 0 saturated heterocycles. The van der Waals surface area contributed by atoms with Gasteiger partial charge >= 0.3 is 5.97 Å². The zero-order valence-corrected chi connectivity index (χ0v) is 16.9. The minimum atomic E-state index is -0.700. The molecule has 7 nitrogen and oxygen atoms in total. The van der Waals surface area contributed by atoms with Crippen molar-refractivity contribution in [2.75, 3.05) is 11.9 Å². The Kier molecular flexibility index (Phi) is 5.62. The summed E-state index contributed by atoms with van der Waals surface area (Å²) in [6.45, 7) is 0.895. The van der Waals surface area contributed by atoms with Crippen LogP contribution in [0.4, 0.5) is 10.1 Å². The highest BCUT2D eigenvalue weighted by Gasteiger charge is 2.28. The van der Waals surface area contributed by atoms with E-state index in [0.29, 0.717) is 23.4 Å². The van der Waals surface area contributed by atoms with E-state index in [1.807, 2.05) is 0 Å². The molecule has 0 atom stereocenters. The number of fused-ring (bicyclic) bond motifs is 1. The minimum absolute atomic E-state index is 0.161. The topological polar surface area (TPSA) is 90.3 Å². The summed E-state index contributed by atoms with van der Waals surface area (Å²) in [7, 11) is 0. The van der Waals surface area contributed by atoms with Crippen LogP contribution < -0.4 is 5.32 Å². The van der Waals surface area contributed by atoms with Crippen LogP contribution in [0.25, 0.3) is 5.69 Å². The third kappa shape index (κ3) is 4.23. The Morgan fingerprint density at radius 1 is 1.10 bits per heavy atom. The number of nitrogens with zero attached hydrogens (tertiary/aromatic N) is 2. The van der Waals surface area contributed by atoms with E-state index in [1.165, 1.54) is 19.1 Å². The van der Waals surface area contributed by atoms with Crippen molar-refractivity contribution in [1.82, 2.24) is 9.78 Å². The fourth-order valence-corrected chi connectivity index (χ4v) is 3.68. The highest BCUT2D eigenvalue weighted by molar-refractivity contribution is 6.04. The Balaban J connectivity index is 1.47. The van der Waals surface area contributed by atoms with E-state index >= 15 is 0 Å². The monoisotopic (exact) mass is 421 g/mol. The Morgan fingerprint density at radius 3 is 2.58 bits per heavy atom. The van der Waals surface area contributed by atoms with Crippen molar-refractivity contribution in [3.8, 4) is 5.69 Å². The molecule has 158 valence electrons. The summed E-state index contributed by atoms with van der Waals surface area (Å²) in [6.07, 6.45) is 2.30. The average molecular weight is 421 g/mol. The number of ether oxygens (including phenoxy) is 1. The molecule has 8 heteroatoms. The van der Waals surface area contributed by atoms with Crippen LogP contribution in [0.1, 0.15) is 45.4 Å². The molecule has 1 amide bonds. The van der Waals surface area contributed by atoms with E-state index in [0.717, 1.165) is 24.1 Å². The number of rotatable bonds is 6. The molecule has 0 spiro atoms. The van der Waals surface area contributed by atoms with Crippen LogP contribution in [0, 0.1) is 5.82 Å². The quantitative estimate of drug-likeness (QED) is 0.486. The lowest BCUT2D eigenvalue weighted by Gasteiger charge is -2.09. The fraction of sp³-hybridized carbons (Fsp3) is 0.217. The number of anilines is 1. The number of para-hydroxylation sites is 1. The number of Topliss-reactive ketones (excluding diaryl/α,β-unsaturated/α-hetero) is 1. The predicted molar refractivity (Wildman–Crippen MR) is 111 cm³/mol. The van der Waals surface area contributed by atoms with Crippen LogP contribution in [0.5, 0.6) is 0 Å². The summed E-state index contributed by atoms with van der Waals surface area (Å²) in [5.74, 6) is -1.80. The summed E-state index contributed by atoms with van der Waals surface area (Å²) in [4.78, 5) is 36.6. The maximum atomic E-state index is 13.3. The number of benzene rings is 2. The van der Waals surface area contributed by atoms with Gasteiger partial charge in [-0.2, -0.15) is 5.10 Å². The first kappa shape index (κ1) is 20.5. The maximum Gasteiger partial charge on any atom is 0.359 e. The first-order valence-corrected chi connectivity index (χ1v) is 9.87. The summed E-state index contributed by atoms with van der Waals surface area (Å²) < 4.78 is 20.1. The summed E-state index contributed by atoms with van der Waals surface area (Å²) in [5.41, 5.74) is 3.22. The Hall–Kier alpha value is -3.81. The molecular weight excluding hydrogens is 401 g/mol. The van der Waals surface area contributed by atoms with Crippen LogP contribution >= 0.6 is 0 Å². The number of carbonyl (C=O) groups is 3. The smallest absolute Gasteiger partial charge is 0.359 e. The second kappa shape index (κ2) is 8.51. The molecule has 31 heavy (non-hydrogen) atoms. The van der Waals surface area contributed by atoms with E-state index in [2.05, 4.69) is 10.4 Å². The number of ketones is 1. The molecule has 3 aromatic rings. The van der Waals surface area contributed by atoms with Crippen molar-refractivity contribution in [3.63, 3.8) is 0 Å². The summed E-state index contributed by atoms with van der Waals surface area (Å²) in [5, 5.41) is 6.96. The minimum Gasteiger partial charge on any atom is -0.451 e. The van der Waals surface area contributed by atoms with Gasteiger partial charge in [0.25, 0.3) is 5.91 Å². The highest BCUT2D eigenvalue weighted by atomic mass is 19.1. The highest BCUT2D eigenvalue weighted by Crippen LogP contribution is 2.28. The van der Waals surface area contributed by atoms with Gasteiger partial charge in [-0.25, -0.2) is 13.9 Å². The van der Waals surface area contributed by atoms with Crippen molar-refractivity contribution >= 4 is 23.3 Å². The van der Waals surface area contributed by atoms with Gasteiger partial charge in [-0.1, -0.05) is 12.1 Å². The van der Waals surface area contributed by atoms with Gasteiger partial charge in [-0.15, -0.1) is 0 Å². The van der Waals surface area contributed by atoms with Crippen LogP contribution in [0.15, 0.2) is 48.5 Å². The molecular formula is C23H20FN3O4. The SMILES string of the molecule is CC(=O)c1ccccc1NC(=O)COC(=O)c1nn(-c2ccc(F)cc2)c2c1CCC2. The molecule has 1 N–H and O–H groups in total. The number of halogens is 1. The zero-order valence-electron chi connectivity index (χ0n) is 16.9. The first-order chi connectivity index (χ1) is 14.9. The van der Waals surface area contributed by atoms with Crippen LogP contribution in [0.2, 0.25) is 0 Å². The van der Waals surface area contributed by atoms with Crippen molar-refractivity contribution < 1.29 is 23.5 Å². The number of nitrogens with one attached hydrogen (secondary N) is 1. The Labute approximate surface area is 177 Å². The molecule has 0 unspecified atom stereocenters. The molecule has 2 aromatic carbocycles. The van der Waals surface area contributed by atoms with Gasteiger partial charge in [0.2, 0.25) is 0 Å². The van der Waals surface area contributed by atoms with Gasteiger partial charge in [0.05, 0.1) is 11.4 Å². The van der Waals surface area contributed by atoms with Gasteiger partial charge in [0.15, 0.2) is 18.1 Å². The van der Waals surface area contributed by atoms with Gasteiger partial charge < -0.3 is 10.1 Å². The van der Waals surface area contributed by atoms with Crippen molar-refractivity contribution in [3.05, 3.63) is 76.9 Å². The lowest BCUT2D eigenvalue weighted by Crippen LogP contribution is -2.22. The number of aromatic nitrogens is 2. The van der Waals surface area contributed by atoms with Crippen LogP contribution in [0.3, 0.4) is 0 Å². The molecule has 0 saturated carbocycles. The van der Waals surface area contributed by atoms with E-state index in [-0.39, 0.29) is 17.3 Å². The number of hydrogen-bond donors (Lipinski definition) is 1. The lowest BCUT2D eigenvalue weighted by atomic mass is 10.1. The second-order valence-corrected chi connectivity index (χ2v) is 7.24. The van der Waals surface area contributed by atoms with Gasteiger partial charge in [0.1, 0.15) is 5.82 Å². The van der Waals surface area contributed by atoms with Gasteiger partial charge in [-0.05, 0) is 62.6 Å². The maximum absolute atomic E-state index is 13.3. The van der Waals surface area contributed by atoms with Crippen LogP contribution in [-0.2, 0) is 22.4 Å². The number of esters is 1. The fourth-order valence-electron chi connectivity index (χ4n) is 3.68. The predicted octanol–water partition coefficient (Wildman–Crippen LogP) is 3.50. The van der Waals surface area contributed by atoms with Crippen LogP contribution in [-0.4, -0.2) is 34.0 Å². The van der Waals surface area contributed by atoms with E-state index in [9.17, 15) is 18.8 Å². The number of hydrogen-bond acceptors (Lipinski definition) is 5. The average Bonchev–Trinajstić information content (AvgIpc) is 3.36. The molecule has 1 aromatic heterocycles. The molecule has 0 aliphatic heterocycles. The molecule has 0 bridgehead atoms. The lowest BCUT2D eigenvalue weighted by molar-refractivity contribution is -0.119. The number of amides is 1. The summed E-state index contributed by atoms with van der Waals surface area (Å²) >= 11 is 0. The summed E-state index contributed by atoms with van der Waals surface area (Å²) in [6, 6.07) is 12.5. The molecule has 4 rings (SSSR count). The molecule has 0 fully saturated rings. The van der Waals surface area contributed by atoms with Crippen molar-refractivity contribution in [2.24, 2.45) is 0 Å². The molecule has 0 radical (unpaired) electrons. The second-order valence-electron chi connectivity index (χ2n) is 7.24. The Morgan fingerprint density at radius 2 is 1.84 bits per heavy atom. The van der Waals surface area contributed by atoms with E-state index in [1.54, 1.807) is 41.1 Å². The standard InChI is InChI=1S/C23H20FN3O4/c1-14(28)17-5-2-3-7-19(17)25-21(29)13-31-23(30)22-18-6-4-8-20(18)27(26-22)16-11-9-15(24)10-12-16/h2-3,5,7,9-12H,4,6,8,13H2,1H3,(H,25,29). The van der Waals surface area contributed by atoms with E-state index in [4.69, 9.17) is 4.74 Å². The third-order valence-corrected chi connectivity index (χ3v) is 5.11. The van der Waals surface area contributed by atoms with E-state index < -0.39 is 18.5 Å². The molecule has 1 aliphatic rings. The molecule has 1 aliphatic carbocycles. The number of carbonyl (C=O) groups excluding carboxylic acids is 3. The normalized spacial score (nSPS) is 12.3. The first-order valence-electron chi connectivity index (χ1n) is 9.87. The van der Waals surface area contributed by atoms with Crippen molar-refractivity contribution in [2.45, 2.75) is 26.2 Å². The van der Waals surface area contributed by atoms with Gasteiger partial charge in [0, 0.05) is 16.8 Å². The van der Waals surface area contributed by atoms with Gasteiger partial charge in [-0.3, -0.25) is 9.59 Å².